The van der Waals surface area contributed by atoms with Crippen LogP contribution in [0, 0.1) is 5.82 Å². The summed E-state index contributed by atoms with van der Waals surface area (Å²) >= 11 is 0. The van der Waals surface area contributed by atoms with E-state index >= 15 is 0 Å². The molecule has 1 saturated heterocycles. The Kier molecular flexibility index (Phi) is 2.99. The van der Waals surface area contributed by atoms with E-state index in [0.29, 0.717) is 6.54 Å². The molecule has 0 aliphatic carbocycles. The summed E-state index contributed by atoms with van der Waals surface area (Å²) in [6.45, 7) is 0.528. The van der Waals surface area contributed by atoms with Crippen LogP contribution in [0.5, 0.6) is 0 Å². The second-order valence-electron chi connectivity index (χ2n) is 4.09. The molecule has 0 bridgehead atoms. The van der Waals surface area contributed by atoms with Gasteiger partial charge in [0.2, 0.25) is 10.0 Å². The molecule has 0 radical (unpaired) electrons. The van der Waals surface area contributed by atoms with Gasteiger partial charge in [0.25, 0.3) is 0 Å². The third-order valence-corrected chi connectivity index (χ3v) is 4.15. The zero-order valence-corrected chi connectivity index (χ0v) is 9.87. The highest BCUT2D eigenvalue weighted by Crippen LogP contribution is 2.33. The summed E-state index contributed by atoms with van der Waals surface area (Å²) in [4.78, 5) is 0. The molecule has 1 aliphatic heterocycles. The molecule has 1 fully saturated rings. The standard InChI is InChI=1S/C11H14FNO2S/c1-16(14,15)13-7-3-6-11(13)9-4-2-5-10(12)8-9/h2,4-5,8,11H,3,6-7H2,1H3. The lowest BCUT2D eigenvalue weighted by molar-refractivity contribution is 0.399. The van der Waals surface area contributed by atoms with E-state index in [9.17, 15) is 12.8 Å². The maximum absolute atomic E-state index is 13.1. The number of nitrogens with zero attached hydrogens (tertiary/aromatic N) is 1. The molecule has 16 heavy (non-hydrogen) atoms. The lowest BCUT2D eigenvalue weighted by Gasteiger charge is -2.22. The topological polar surface area (TPSA) is 37.4 Å². The molecule has 3 nitrogen and oxygen atoms in total. The number of halogens is 1. The van der Waals surface area contributed by atoms with E-state index in [2.05, 4.69) is 0 Å². The molecular formula is C11H14FNO2S. The second kappa shape index (κ2) is 4.14. The minimum atomic E-state index is -3.20. The fourth-order valence-electron chi connectivity index (χ4n) is 2.18. The van der Waals surface area contributed by atoms with Crippen LogP contribution in [0.1, 0.15) is 24.4 Å². The molecule has 0 saturated carbocycles. The van der Waals surface area contributed by atoms with Crippen LogP contribution < -0.4 is 0 Å². The molecule has 1 unspecified atom stereocenters. The first-order chi connectivity index (χ1) is 7.48. The van der Waals surface area contributed by atoms with Gasteiger partial charge in [-0.05, 0) is 30.5 Å². The fourth-order valence-corrected chi connectivity index (χ4v) is 3.33. The van der Waals surface area contributed by atoms with Crippen molar-refractivity contribution in [3.05, 3.63) is 35.6 Å². The third-order valence-electron chi connectivity index (χ3n) is 2.86. The summed E-state index contributed by atoms with van der Waals surface area (Å²) < 4.78 is 37.6. The summed E-state index contributed by atoms with van der Waals surface area (Å²) in [5.74, 6) is -0.321. The normalized spacial score (nSPS) is 22.5. The van der Waals surface area contributed by atoms with E-state index in [0.717, 1.165) is 18.4 Å². The van der Waals surface area contributed by atoms with Gasteiger partial charge in [0.15, 0.2) is 0 Å². The van der Waals surface area contributed by atoms with Gasteiger partial charge in [-0.3, -0.25) is 0 Å². The first-order valence-electron chi connectivity index (χ1n) is 5.21. The summed E-state index contributed by atoms with van der Waals surface area (Å²) in [5.41, 5.74) is 0.739. The Morgan fingerprint density at radius 3 is 2.81 bits per heavy atom. The average Bonchev–Trinajstić information content (AvgIpc) is 2.65. The minimum Gasteiger partial charge on any atom is -0.212 e. The molecule has 88 valence electrons. The molecule has 1 heterocycles. The van der Waals surface area contributed by atoms with Crippen molar-refractivity contribution in [2.75, 3.05) is 12.8 Å². The first kappa shape index (κ1) is 11.5. The lowest BCUT2D eigenvalue weighted by Crippen LogP contribution is -2.29. The van der Waals surface area contributed by atoms with Crippen molar-refractivity contribution in [3.8, 4) is 0 Å². The lowest BCUT2D eigenvalue weighted by atomic mass is 10.1. The van der Waals surface area contributed by atoms with Crippen molar-refractivity contribution in [2.45, 2.75) is 18.9 Å². The SMILES string of the molecule is CS(=O)(=O)N1CCCC1c1cccc(F)c1. The zero-order chi connectivity index (χ0) is 11.8. The van der Waals surface area contributed by atoms with Crippen LogP contribution in [0.4, 0.5) is 4.39 Å². The van der Waals surface area contributed by atoms with Crippen LogP contribution in [-0.2, 0) is 10.0 Å². The maximum atomic E-state index is 13.1. The van der Waals surface area contributed by atoms with Crippen LogP contribution >= 0.6 is 0 Å². The Balaban J connectivity index is 2.34. The second-order valence-corrected chi connectivity index (χ2v) is 6.02. The van der Waals surface area contributed by atoms with Crippen molar-refractivity contribution < 1.29 is 12.8 Å². The molecule has 1 aliphatic rings. The molecule has 0 amide bonds. The third kappa shape index (κ3) is 2.25. The monoisotopic (exact) mass is 243 g/mol. The van der Waals surface area contributed by atoms with Gasteiger partial charge in [0.05, 0.1) is 6.26 Å². The van der Waals surface area contributed by atoms with Crippen molar-refractivity contribution in [1.29, 1.82) is 0 Å². The molecule has 0 N–H and O–H groups in total. The van der Waals surface area contributed by atoms with E-state index in [1.54, 1.807) is 12.1 Å². The molecule has 1 atom stereocenters. The summed E-state index contributed by atoms with van der Waals surface area (Å²) in [5, 5.41) is 0. The smallest absolute Gasteiger partial charge is 0.211 e. The number of sulfonamides is 1. The average molecular weight is 243 g/mol. The first-order valence-corrected chi connectivity index (χ1v) is 7.05. The Morgan fingerprint density at radius 1 is 1.44 bits per heavy atom. The van der Waals surface area contributed by atoms with Crippen LogP contribution in [0.3, 0.4) is 0 Å². The van der Waals surface area contributed by atoms with Crippen LogP contribution in [0.25, 0.3) is 0 Å². The summed E-state index contributed by atoms with van der Waals surface area (Å²) in [7, 11) is -3.20. The molecule has 1 aromatic rings. The minimum absolute atomic E-state index is 0.203. The molecule has 0 spiro atoms. The van der Waals surface area contributed by atoms with E-state index < -0.39 is 10.0 Å². The fraction of sp³-hybridized carbons (Fsp3) is 0.455. The predicted octanol–water partition coefficient (Wildman–Crippen LogP) is 1.92. The van der Waals surface area contributed by atoms with Crippen molar-refractivity contribution in [1.82, 2.24) is 4.31 Å². The van der Waals surface area contributed by atoms with Crippen LogP contribution in [-0.4, -0.2) is 25.5 Å². The van der Waals surface area contributed by atoms with Crippen molar-refractivity contribution in [3.63, 3.8) is 0 Å². The highest BCUT2D eigenvalue weighted by molar-refractivity contribution is 7.88. The largest absolute Gasteiger partial charge is 0.212 e. The van der Waals surface area contributed by atoms with Gasteiger partial charge in [0.1, 0.15) is 5.82 Å². The number of rotatable bonds is 2. The Bertz CT molecular complexity index is 487. The molecule has 5 heteroatoms. The summed E-state index contributed by atoms with van der Waals surface area (Å²) in [6.07, 6.45) is 2.79. The van der Waals surface area contributed by atoms with E-state index in [1.165, 1.54) is 22.7 Å². The van der Waals surface area contributed by atoms with Gasteiger partial charge in [-0.2, -0.15) is 4.31 Å². The van der Waals surface area contributed by atoms with Gasteiger partial charge in [-0.15, -0.1) is 0 Å². The van der Waals surface area contributed by atoms with Gasteiger partial charge in [-0.25, -0.2) is 12.8 Å². The molecular weight excluding hydrogens is 229 g/mol. The Hall–Kier alpha value is -0.940. The van der Waals surface area contributed by atoms with Crippen molar-refractivity contribution in [2.24, 2.45) is 0 Å². The molecule has 0 aromatic heterocycles. The van der Waals surface area contributed by atoms with E-state index in [4.69, 9.17) is 0 Å². The van der Waals surface area contributed by atoms with Crippen molar-refractivity contribution >= 4 is 10.0 Å². The number of hydrogen-bond donors (Lipinski definition) is 0. The van der Waals surface area contributed by atoms with E-state index in [1.807, 2.05) is 0 Å². The Labute approximate surface area is 94.9 Å². The maximum Gasteiger partial charge on any atom is 0.211 e. The van der Waals surface area contributed by atoms with Gasteiger partial charge < -0.3 is 0 Å². The van der Waals surface area contributed by atoms with Gasteiger partial charge in [-0.1, -0.05) is 12.1 Å². The van der Waals surface area contributed by atoms with E-state index in [-0.39, 0.29) is 11.9 Å². The zero-order valence-electron chi connectivity index (χ0n) is 9.06. The molecule has 2 rings (SSSR count). The number of benzene rings is 1. The number of hydrogen-bond acceptors (Lipinski definition) is 2. The highest BCUT2D eigenvalue weighted by atomic mass is 32.2. The Morgan fingerprint density at radius 2 is 2.19 bits per heavy atom. The highest BCUT2D eigenvalue weighted by Gasteiger charge is 2.32. The molecule has 1 aromatic carbocycles. The predicted molar refractivity (Wildman–Crippen MR) is 59.9 cm³/mol. The van der Waals surface area contributed by atoms with Crippen LogP contribution in [0.2, 0.25) is 0 Å². The van der Waals surface area contributed by atoms with Gasteiger partial charge >= 0.3 is 0 Å². The summed E-state index contributed by atoms with van der Waals surface area (Å²) in [6, 6.07) is 5.96. The van der Waals surface area contributed by atoms with Crippen LogP contribution in [0.15, 0.2) is 24.3 Å². The quantitative estimate of drug-likeness (QED) is 0.796. The van der Waals surface area contributed by atoms with Gasteiger partial charge in [0, 0.05) is 12.6 Å².